The normalized spacial score (nSPS) is 14.4. The number of rotatable bonds is 5. The number of fused-ring (bicyclic) bond motifs is 1. The molecule has 0 radical (unpaired) electrons. The second kappa shape index (κ2) is 7.73. The molecule has 0 saturated carbocycles. The fourth-order valence-corrected chi connectivity index (χ4v) is 4.05. The van der Waals surface area contributed by atoms with Crippen molar-refractivity contribution in [3.05, 3.63) is 82.6 Å². The third-order valence-corrected chi connectivity index (χ3v) is 5.43. The van der Waals surface area contributed by atoms with Crippen molar-refractivity contribution in [1.29, 1.82) is 0 Å². The van der Waals surface area contributed by atoms with Gasteiger partial charge in [0.2, 0.25) is 11.8 Å². The molecule has 5 nitrogen and oxygen atoms in total. The fourth-order valence-electron chi connectivity index (χ4n) is 3.22. The molecule has 0 fully saturated rings. The van der Waals surface area contributed by atoms with Crippen molar-refractivity contribution >= 4 is 34.5 Å². The van der Waals surface area contributed by atoms with Crippen LogP contribution in [0, 0.1) is 0 Å². The minimum absolute atomic E-state index is 0.0343. The van der Waals surface area contributed by atoms with Crippen LogP contribution in [0.3, 0.4) is 0 Å². The van der Waals surface area contributed by atoms with Gasteiger partial charge in [-0.05, 0) is 29.1 Å². The number of para-hydroxylation sites is 2. The zero-order valence-electron chi connectivity index (χ0n) is 14.6. The molecule has 0 spiro atoms. The van der Waals surface area contributed by atoms with E-state index in [1.165, 1.54) is 4.90 Å². The van der Waals surface area contributed by atoms with Gasteiger partial charge >= 0.3 is 0 Å². The molecule has 2 N–H and O–H groups in total. The van der Waals surface area contributed by atoms with Gasteiger partial charge in [-0.3, -0.25) is 19.8 Å². The molecule has 1 atom stereocenters. The topological polar surface area (TPSA) is 61.4 Å². The van der Waals surface area contributed by atoms with E-state index >= 15 is 0 Å². The van der Waals surface area contributed by atoms with Crippen LogP contribution in [-0.4, -0.2) is 24.9 Å². The van der Waals surface area contributed by atoms with Crippen LogP contribution in [-0.2, 0) is 9.59 Å². The van der Waals surface area contributed by atoms with Gasteiger partial charge in [0.1, 0.15) is 6.54 Å². The number of thiophene rings is 1. The highest BCUT2D eigenvalue weighted by Gasteiger charge is 2.27. The number of hydrogen-bond acceptors (Lipinski definition) is 4. The smallest absolute Gasteiger partial charge is 0.244 e. The van der Waals surface area contributed by atoms with E-state index in [2.05, 4.69) is 16.7 Å². The number of nitrogens with one attached hydrogen (secondary N) is 2. The first-order valence-electron chi connectivity index (χ1n) is 8.73. The van der Waals surface area contributed by atoms with Crippen molar-refractivity contribution in [3.63, 3.8) is 0 Å². The maximum Gasteiger partial charge on any atom is 0.244 e. The lowest BCUT2D eigenvalue weighted by Gasteiger charge is -2.30. The third kappa shape index (κ3) is 3.77. The molecule has 2 amide bonds. The van der Waals surface area contributed by atoms with Crippen LogP contribution < -0.4 is 15.5 Å². The molecule has 0 saturated heterocycles. The summed E-state index contributed by atoms with van der Waals surface area (Å²) in [5.74, 6) is -0.310. The highest BCUT2D eigenvalue weighted by molar-refractivity contribution is 7.10. The van der Waals surface area contributed by atoms with Crippen molar-refractivity contribution in [2.24, 2.45) is 0 Å². The Morgan fingerprint density at radius 3 is 2.63 bits per heavy atom. The summed E-state index contributed by atoms with van der Waals surface area (Å²) in [5, 5.41) is 8.20. The SMILES string of the molecule is O=C1CN(C(=O)CNC(c2ccccc2)c2cccs2)c2ccccc2N1. The van der Waals surface area contributed by atoms with Gasteiger partial charge in [-0.2, -0.15) is 0 Å². The lowest BCUT2D eigenvalue weighted by molar-refractivity contribution is -0.121. The monoisotopic (exact) mass is 377 g/mol. The number of amides is 2. The van der Waals surface area contributed by atoms with Gasteiger partial charge in [-0.1, -0.05) is 48.5 Å². The molecule has 136 valence electrons. The van der Waals surface area contributed by atoms with Gasteiger partial charge in [0, 0.05) is 4.88 Å². The van der Waals surface area contributed by atoms with Crippen molar-refractivity contribution in [1.82, 2.24) is 5.32 Å². The highest BCUT2D eigenvalue weighted by atomic mass is 32.1. The highest BCUT2D eigenvalue weighted by Crippen LogP contribution is 2.29. The molecule has 2 heterocycles. The van der Waals surface area contributed by atoms with Crippen LogP contribution in [0.2, 0.25) is 0 Å². The summed E-state index contributed by atoms with van der Waals surface area (Å²) in [6, 6.07) is 21.4. The Balaban J connectivity index is 1.53. The Morgan fingerprint density at radius 2 is 1.85 bits per heavy atom. The van der Waals surface area contributed by atoms with Gasteiger partial charge in [0.25, 0.3) is 0 Å². The zero-order valence-corrected chi connectivity index (χ0v) is 15.4. The number of nitrogens with zero attached hydrogens (tertiary/aromatic N) is 1. The number of carbonyl (C=O) groups excluding carboxylic acids is 2. The van der Waals surface area contributed by atoms with Crippen LogP contribution in [0.15, 0.2) is 72.1 Å². The minimum atomic E-state index is -0.181. The Kier molecular flexibility index (Phi) is 5.00. The first-order valence-corrected chi connectivity index (χ1v) is 9.61. The first kappa shape index (κ1) is 17.5. The lowest BCUT2D eigenvalue weighted by atomic mass is 10.1. The molecule has 1 aromatic heterocycles. The Bertz CT molecular complexity index is 941. The number of benzene rings is 2. The average molecular weight is 377 g/mol. The van der Waals surface area contributed by atoms with Crippen LogP contribution in [0.25, 0.3) is 0 Å². The summed E-state index contributed by atoms with van der Waals surface area (Å²) in [4.78, 5) is 27.5. The summed E-state index contributed by atoms with van der Waals surface area (Å²) < 4.78 is 0. The summed E-state index contributed by atoms with van der Waals surface area (Å²) in [6.45, 7) is 0.172. The number of hydrogen-bond donors (Lipinski definition) is 2. The molecule has 0 bridgehead atoms. The molecule has 27 heavy (non-hydrogen) atoms. The van der Waals surface area contributed by atoms with E-state index < -0.39 is 0 Å². The molecular weight excluding hydrogens is 358 g/mol. The largest absolute Gasteiger partial charge is 0.323 e. The van der Waals surface area contributed by atoms with Crippen LogP contribution in [0.5, 0.6) is 0 Å². The number of anilines is 2. The second-order valence-corrected chi connectivity index (χ2v) is 7.26. The van der Waals surface area contributed by atoms with Crippen molar-refractivity contribution in [2.75, 3.05) is 23.3 Å². The number of carbonyl (C=O) groups is 2. The van der Waals surface area contributed by atoms with E-state index in [9.17, 15) is 9.59 Å². The van der Waals surface area contributed by atoms with Gasteiger partial charge in [-0.15, -0.1) is 11.3 Å². The van der Waals surface area contributed by atoms with E-state index in [4.69, 9.17) is 0 Å². The van der Waals surface area contributed by atoms with E-state index in [0.29, 0.717) is 5.69 Å². The predicted molar refractivity (Wildman–Crippen MR) is 108 cm³/mol. The van der Waals surface area contributed by atoms with E-state index in [-0.39, 0.29) is 30.9 Å². The molecule has 1 aliphatic heterocycles. The van der Waals surface area contributed by atoms with Crippen molar-refractivity contribution in [3.8, 4) is 0 Å². The summed E-state index contributed by atoms with van der Waals surface area (Å²) in [6.07, 6.45) is 0. The third-order valence-electron chi connectivity index (χ3n) is 4.49. The molecule has 0 aliphatic carbocycles. The molecule has 4 rings (SSSR count). The summed E-state index contributed by atoms with van der Waals surface area (Å²) in [7, 11) is 0. The van der Waals surface area contributed by atoms with Crippen LogP contribution >= 0.6 is 11.3 Å². The molecule has 1 aliphatic rings. The van der Waals surface area contributed by atoms with Gasteiger partial charge in [0.05, 0.1) is 24.0 Å². The second-order valence-electron chi connectivity index (χ2n) is 6.29. The quantitative estimate of drug-likeness (QED) is 0.716. The predicted octanol–water partition coefficient (Wildman–Crippen LogP) is 3.41. The molecule has 2 aromatic carbocycles. The molecule has 1 unspecified atom stereocenters. The van der Waals surface area contributed by atoms with E-state index in [1.807, 2.05) is 60.0 Å². The molecular formula is C21H19N3O2S. The first-order chi connectivity index (χ1) is 13.2. The standard InChI is InChI=1S/C21H19N3O2S/c25-19-14-24(17-10-5-4-9-16(17)23-19)20(26)13-22-21(18-11-6-12-27-18)15-7-2-1-3-8-15/h1-12,21-22H,13-14H2,(H,23,25). The molecule has 6 heteroatoms. The summed E-state index contributed by atoms with van der Waals surface area (Å²) in [5.41, 5.74) is 2.50. The Morgan fingerprint density at radius 1 is 1.07 bits per heavy atom. The fraction of sp³-hybridized carbons (Fsp3) is 0.143. The summed E-state index contributed by atoms with van der Waals surface area (Å²) >= 11 is 1.65. The lowest BCUT2D eigenvalue weighted by Crippen LogP contribution is -2.46. The average Bonchev–Trinajstić information content (AvgIpc) is 3.22. The van der Waals surface area contributed by atoms with Crippen LogP contribution in [0.1, 0.15) is 16.5 Å². The van der Waals surface area contributed by atoms with E-state index in [1.54, 1.807) is 17.4 Å². The van der Waals surface area contributed by atoms with Gasteiger partial charge < -0.3 is 5.32 Å². The minimum Gasteiger partial charge on any atom is -0.323 e. The maximum atomic E-state index is 12.9. The zero-order chi connectivity index (χ0) is 18.6. The van der Waals surface area contributed by atoms with Gasteiger partial charge in [-0.25, -0.2) is 0 Å². The Labute approximate surface area is 161 Å². The Hall–Kier alpha value is -2.96. The maximum absolute atomic E-state index is 12.9. The van der Waals surface area contributed by atoms with Gasteiger partial charge in [0.15, 0.2) is 0 Å². The van der Waals surface area contributed by atoms with Crippen LogP contribution in [0.4, 0.5) is 11.4 Å². The van der Waals surface area contributed by atoms with Crippen molar-refractivity contribution in [2.45, 2.75) is 6.04 Å². The van der Waals surface area contributed by atoms with Crippen molar-refractivity contribution < 1.29 is 9.59 Å². The van der Waals surface area contributed by atoms with E-state index in [0.717, 1.165) is 16.1 Å². The molecule has 3 aromatic rings.